The van der Waals surface area contributed by atoms with Gasteiger partial charge in [0.25, 0.3) is 0 Å². The van der Waals surface area contributed by atoms with Gasteiger partial charge in [-0.3, -0.25) is 0 Å². The quantitative estimate of drug-likeness (QED) is 0.699. The van der Waals surface area contributed by atoms with Gasteiger partial charge < -0.3 is 4.98 Å². The topological polar surface area (TPSA) is 28.7 Å². The summed E-state index contributed by atoms with van der Waals surface area (Å²) in [6, 6.07) is 15.8. The summed E-state index contributed by atoms with van der Waals surface area (Å²) < 4.78 is 0. The van der Waals surface area contributed by atoms with Gasteiger partial charge in [-0.15, -0.1) is 0 Å². The molecule has 0 spiro atoms. The lowest BCUT2D eigenvalue weighted by Crippen LogP contribution is -1.90. The molecule has 4 heteroatoms. The predicted octanol–water partition coefficient (Wildman–Crippen LogP) is 5.28. The Morgan fingerprint density at radius 3 is 2.52 bits per heavy atom. The number of rotatable bonds is 3. The second-order valence-electron chi connectivity index (χ2n) is 4.92. The predicted molar refractivity (Wildman–Crippen MR) is 88.0 cm³/mol. The fourth-order valence-corrected chi connectivity index (χ4v) is 2.73. The van der Waals surface area contributed by atoms with Crippen molar-refractivity contribution in [2.45, 2.75) is 13.3 Å². The van der Waals surface area contributed by atoms with E-state index in [9.17, 15) is 0 Å². The molecule has 106 valence electrons. The maximum absolute atomic E-state index is 6.28. The fraction of sp³-hybridized carbons (Fsp3) is 0.118. The van der Waals surface area contributed by atoms with Crippen molar-refractivity contribution in [3.8, 4) is 11.3 Å². The van der Waals surface area contributed by atoms with Crippen LogP contribution < -0.4 is 0 Å². The molecule has 21 heavy (non-hydrogen) atoms. The number of aromatic nitrogens is 2. The maximum Gasteiger partial charge on any atom is 0.111 e. The second kappa shape index (κ2) is 5.92. The van der Waals surface area contributed by atoms with Crippen LogP contribution in [-0.2, 0) is 6.42 Å². The maximum atomic E-state index is 6.28. The molecule has 0 saturated carbocycles. The summed E-state index contributed by atoms with van der Waals surface area (Å²) in [5.74, 6) is 0.921. The van der Waals surface area contributed by atoms with Gasteiger partial charge in [0.05, 0.1) is 15.7 Å². The number of nitrogens with one attached hydrogen (secondary N) is 1. The Labute approximate surface area is 133 Å². The molecule has 2 nitrogen and oxygen atoms in total. The molecule has 0 aliphatic carbocycles. The molecule has 3 rings (SSSR count). The summed E-state index contributed by atoms with van der Waals surface area (Å²) in [5, 5.41) is 1.08. The molecule has 1 heterocycles. The second-order valence-corrected chi connectivity index (χ2v) is 5.71. The van der Waals surface area contributed by atoms with Crippen molar-refractivity contribution in [2.75, 3.05) is 0 Å². The highest BCUT2D eigenvalue weighted by Crippen LogP contribution is 2.34. The van der Waals surface area contributed by atoms with E-state index >= 15 is 0 Å². The first-order valence-electron chi connectivity index (χ1n) is 6.69. The largest absolute Gasteiger partial charge is 0.345 e. The zero-order chi connectivity index (χ0) is 14.8. The van der Waals surface area contributed by atoms with Crippen LogP contribution in [0.4, 0.5) is 0 Å². The number of aryl methyl sites for hydroxylation is 1. The standard InChI is InChI=1S/C17H14Cl2N2/c1-11-17(13-8-5-9-14(18)16(13)19)21-15(20-11)10-12-6-3-2-4-7-12/h2-9H,10H2,1H3,(H,20,21). The van der Waals surface area contributed by atoms with E-state index in [1.807, 2.05) is 37.3 Å². The van der Waals surface area contributed by atoms with Gasteiger partial charge in [0, 0.05) is 17.7 Å². The van der Waals surface area contributed by atoms with Gasteiger partial charge in [-0.1, -0.05) is 65.7 Å². The molecule has 0 bridgehead atoms. The molecule has 0 radical (unpaired) electrons. The first-order chi connectivity index (χ1) is 10.1. The van der Waals surface area contributed by atoms with E-state index in [0.717, 1.165) is 29.2 Å². The minimum absolute atomic E-state index is 0.542. The highest BCUT2D eigenvalue weighted by atomic mass is 35.5. The van der Waals surface area contributed by atoms with Crippen LogP contribution in [0.2, 0.25) is 10.0 Å². The summed E-state index contributed by atoms with van der Waals surface area (Å²) in [6.07, 6.45) is 0.764. The molecule has 0 fully saturated rings. The van der Waals surface area contributed by atoms with Crippen LogP contribution in [0, 0.1) is 6.92 Å². The van der Waals surface area contributed by atoms with Crippen molar-refractivity contribution >= 4 is 23.2 Å². The minimum atomic E-state index is 0.542. The molecule has 1 aromatic heterocycles. The summed E-state index contributed by atoms with van der Waals surface area (Å²) in [4.78, 5) is 8.00. The first-order valence-corrected chi connectivity index (χ1v) is 7.44. The van der Waals surface area contributed by atoms with E-state index in [1.54, 1.807) is 6.07 Å². The zero-order valence-electron chi connectivity index (χ0n) is 11.5. The molecule has 3 aromatic rings. The number of nitrogens with zero attached hydrogens (tertiary/aromatic N) is 1. The van der Waals surface area contributed by atoms with Crippen molar-refractivity contribution in [1.29, 1.82) is 0 Å². The Hall–Kier alpha value is -1.77. The number of hydrogen-bond donors (Lipinski definition) is 1. The van der Waals surface area contributed by atoms with E-state index < -0.39 is 0 Å². The smallest absolute Gasteiger partial charge is 0.111 e. The third-order valence-electron chi connectivity index (χ3n) is 3.35. The number of halogens is 2. The Bertz CT molecular complexity index is 764. The van der Waals surface area contributed by atoms with Crippen molar-refractivity contribution < 1.29 is 0 Å². The SMILES string of the molecule is Cc1[nH]c(Cc2ccccc2)nc1-c1cccc(Cl)c1Cl. The third kappa shape index (κ3) is 2.97. The van der Waals surface area contributed by atoms with Crippen LogP contribution in [0.3, 0.4) is 0 Å². The third-order valence-corrected chi connectivity index (χ3v) is 4.17. The molecule has 0 saturated heterocycles. The number of benzene rings is 2. The number of H-pyrrole nitrogens is 1. The minimum Gasteiger partial charge on any atom is -0.345 e. The lowest BCUT2D eigenvalue weighted by Gasteiger charge is -2.03. The molecule has 0 atom stereocenters. The van der Waals surface area contributed by atoms with E-state index in [2.05, 4.69) is 22.1 Å². The zero-order valence-corrected chi connectivity index (χ0v) is 13.0. The molecule has 2 aromatic carbocycles. The number of imidazole rings is 1. The van der Waals surface area contributed by atoms with E-state index in [-0.39, 0.29) is 0 Å². The summed E-state index contributed by atoms with van der Waals surface area (Å²) >= 11 is 12.4. The average molecular weight is 317 g/mol. The molecule has 1 N–H and O–H groups in total. The normalized spacial score (nSPS) is 10.8. The van der Waals surface area contributed by atoms with Gasteiger partial charge in [-0.2, -0.15) is 0 Å². The van der Waals surface area contributed by atoms with Gasteiger partial charge in [-0.05, 0) is 18.6 Å². The van der Waals surface area contributed by atoms with E-state index in [0.29, 0.717) is 10.0 Å². The van der Waals surface area contributed by atoms with Crippen LogP contribution in [0.15, 0.2) is 48.5 Å². The number of aromatic amines is 1. The Kier molecular flexibility index (Phi) is 4.00. The first kappa shape index (κ1) is 14.2. The highest BCUT2D eigenvalue weighted by Gasteiger charge is 2.13. The lowest BCUT2D eigenvalue weighted by atomic mass is 10.1. The van der Waals surface area contributed by atoms with Crippen LogP contribution in [-0.4, -0.2) is 9.97 Å². The molecule has 0 aliphatic heterocycles. The molecule has 0 amide bonds. The van der Waals surface area contributed by atoms with Crippen LogP contribution in [0.25, 0.3) is 11.3 Å². The average Bonchev–Trinajstić information content (AvgIpc) is 2.83. The molecule has 0 aliphatic rings. The summed E-state index contributed by atoms with van der Waals surface area (Å²) in [6.45, 7) is 1.99. The van der Waals surface area contributed by atoms with Crippen LogP contribution in [0.1, 0.15) is 17.1 Å². The van der Waals surface area contributed by atoms with Gasteiger partial charge in [-0.25, -0.2) is 4.98 Å². The van der Waals surface area contributed by atoms with E-state index in [1.165, 1.54) is 5.56 Å². The molecule has 0 unspecified atom stereocenters. The van der Waals surface area contributed by atoms with Gasteiger partial charge in [0.15, 0.2) is 0 Å². The van der Waals surface area contributed by atoms with Gasteiger partial charge in [0.2, 0.25) is 0 Å². The summed E-state index contributed by atoms with van der Waals surface area (Å²) in [7, 11) is 0. The Morgan fingerprint density at radius 1 is 1.00 bits per heavy atom. The van der Waals surface area contributed by atoms with Crippen molar-refractivity contribution in [3.05, 3.63) is 75.7 Å². The van der Waals surface area contributed by atoms with Gasteiger partial charge in [0.1, 0.15) is 5.82 Å². The van der Waals surface area contributed by atoms with E-state index in [4.69, 9.17) is 23.2 Å². The van der Waals surface area contributed by atoms with Gasteiger partial charge >= 0.3 is 0 Å². The van der Waals surface area contributed by atoms with Crippen molar-refractivity contribution in [2.24, 2.45) is 0 Å². The summed E-state index contributed by atoms with van der Waals surface area (Å²) in [5.41, 5.74) is 3.92. The molecular formula is C17H14Cl2N2. The Morgan fingerprint density at radius 2 is 1.76 bits per heavy atom. The Balaban J connectivity index is 1.97. The van der Waals surface area contributed by atoms with Crippen molar-refractivity contribution in [1.82, 2.24) is 9.97 Å². The molecular weight excluding hydrogens is 303 g/mol. The number of hydrogen-bond acceptors (Lipinski definition) is 1. The lowest BCUT2D eigenvalue weighted by molar-refractivity contribution is 1.02. The fourth-order valence-electron chi connectivity index (χ4n) is 2.34. The van der Waals surface area contributed by atoms with Crippen molar-refractivity contribution in [3.63, 3.8) is 0 Å². The van der Waals surface area contributed by atoms with Crippen LogP contribution >= 0.6 is 23.2 Å². The monoisotopic (exact) mass is 316 g/mol. The highest BCUT2D eigenvalue weighted by molar-refractivity contribution is 6.43. The van der Waals surface area contributed by atoms with Crippen LogP contribution in [0.5, 0.6) is 0 Å².